The van der Waals surface area contributed by atoms with E-state index in [9.17, 15) is 14.7 Å². The van der Waals surface area contributed by atoms with E-state index in [-0.39, 0.29) is 18.6 Å². The van der Waals surface area contributed by atoms with Gasteiger partial charge in [-0.3, -0.25) is 9.59 Å². The summed E-state index contributed by atoms with van der Waals surface area (Å²) in [5.74, 6) is -0.860. The maximum absolute atomic E-state index is 12.7. The molecule has 4 heteroatoms. The third kappa shape index (κ3) is 3.93. The molecule has 1 saturated carbocycles. The maximum atomic E-state index is 12.7. The largest absolute Gasteiger partial charge is 0.481 e. The van der Waals surface area contributed by atoms with Gasteiger partial charge in [-0.05, 0) is 41.7 Å². The van der Waals surface area contributed by atoms with Crippen LogP contribution in [0.4, 0.5) is 0 Å². The Labute approximate surface area is 152 Å². The Balaban J connectivity index is 1.83. The van der Waals surface area contributed by atoms with E-state index >= 15 is 0 Å². The van der Waals surface area contributed by atoms with Gasteiger partial charge in [0.2, 0.25) is 0 Å². The van der Waals surface area contributed by atoms with Gasteiger partial charge in [-0.2, -0.15) is 0 Å². The number of carbonyl (C=O) groups is 2. The van der Waals surface area contributed by atoms with Crippen LogP contribution in [0, 0.1) is 5.41 Å². The first-order valence-corrected chi connectivity index (χ1v) is 8.97. The van der Waals surface area contributed by atoms with Crippen molar-refractivity contribution in [3.63, 3.8) is 0 Å². The third-order valence-electron chi connectivity index (χ3n) is 5.09. The molecule has 1 aliphatic rings. The van der Waals surface area contributed by atoms with Gasteiger partial charge in [0.25, 0.3) is 0 Å². The van der Waals surface area contributed by atoms with Crippen LogP contribution in [0.5, 0.6) is 0 Å². The molecule has 0 unspecified atom stereocenters. The number of ketones is 1. The molecule has 1 aliphatic carbocycles. The fourth-order valence-electron chi connectivity index (χ4n) is 3.76. The van der Waals surface area contributed by atoms with Gasteiger partial charge in [-0.25, -0.2) is 0 Å². The highest BCUT2D eigenvalue weighted by atomic mass is 35.5. The molecule has 25 heavy (non-hydrogen) atoms. The predicted molar refractivity (Wildman–Crippen MR) is 98.8 cm³/mol. The first kappa shape index (κ1) is 17.7. The van der Waals surface area contributed by atoms with Crippen LogP contribution in [0.1, 0.15) is 37.7 Å². The molecule has 3 rings (SSSR count). The van der Waals surface area contributed by atoms with Gasteiger partial charge in [0, 0.05) is 17.9 Å². The van der Waals surface area contributed by atoms with E-state index in [1.807, 2.05) is 42.5 Å². The summed E-state index contributed by atoms with van der Waals surface area (Å²) in [4.78, 5) is 24.3. The lowest BCUT2D eigenvalue weighted by Crippen LogP contribution is -2.31. The molecule has 0 atom stereocenters. The number of rotatable bonds is 6. The number of benzene rings is 2. The van der Waals surface area contributed by atoms with Gasteiger partial charge in [-0.1, -0.05) is 60.8 Å². The Hall–Kier alpha value is -2.13. The zero-order valence-electron chi connectivity index (χ0n) is 14.0. The van der Waals surface area contributed by atoms with E-state index < -0.39 is 11.4 Å². The predicted octanol–water partition coefficient (Wildman–Crippen LogP) is 5.15. The summed E-state index contributed by atoms with van der Waals surface area (Å²) in [6.07, 6.45) is 3.31. The van der Waals surface area contributed by atoms with E-state index in [0.29, 0.717) is 17.9 Å². The van der Waals surface area contributed by atoms with E-state index in [2.05, 4.69) is 0 Å². The van der Waals surface area contributed by atoms with Crippen molar-refractivity contribution >= 4 is 23.4 Å². The van der Waals surface area contributed by atoms with Crippen molar-refractivity contribution in [3.8, 4) is 11.1 Å². The minimum absolute atomic E-state index is 0.0243. The second-order valence-corrected chi connectivity index (χ2v) is 7.29. The number of hydrogen-bond acceptors (Lipinski definition) is 2. The first-order valence-electron chi connectivity index (χ1n) is 8.59. The molecule has 2 aromatic carbocycles. The van der Waals surface area contributed by atoms with Crippen molar-refractivity contribution in [2.45, 2.75) is 38.5 Å². The molecule has 1 fully saturated rings. The molecule has 3 nitrogen and oxygen atoms in total. The summed E-state index contributed by atoms with van der Waals surface area (Å²) in [5, 5.41) is 10.2. The monoisotopic (exact) mass is 356 g/mol. The molecule has 0 spiro atoms. The molecule has 130 valence electrons. The number of Topliss-reactive ketones (excluding diaryl/α,β-unsaturated/α-hetero) is 1. The van der Waals surface area contributed by atoms with Crippen molar-refractivity contribution in [1.82, 2.24) is 0 Å². The lowest BCUT2D eigenvalue weighted by atomic mass is 9.80. The highest BCUT2D eigenvalue weighted by Crippen LogP contribution is 2.42. The Morgan fingerprint density at radius 1 is 1.04 bits per heavy atom. The van der Waals surface area contributed by atoms with Crippen molar-refractivity contribution < 1.29 is 14.7 Å². The average molecular weight is 357 g/mol. The molecule has 0 saturated heterocycles. The highest BCUT2D eigenvalue weighted by Gasteiger charge is 2.42. The molecule has 0 aliphatic heterocycles. The van der Waals surface area contributed by atoms with Crippen LogP contribution >= 0.6 is 11.6 Å². The van der Waals surface area contributed by atoms with Crippen LogP contribution in [0.2, 0.25) is 5.02 Å². The van der Waals surface area contributed by atoms with Crippen molar-refractivity contribution in [2.24, 2.45) is 5.41 Å². The smallest absolute Gasteiger partial charge is 0.310 e. The number of hydrogen-bond donors (Lipinski definition) is 1. The van der Waals surface area contributed by atoms with E-state index in [4.69, 9.17) is 11.6 Å². The summed E-state index contributed by atoms with van der Waals surface area (Å²) in [7, 11) is 0. The number of carboxylic acids is 1. The SMILES string of the molecule is O=C(Cc1ccc(Cl)cc1-c1ccccc1)CC1(C(=O)O)CCCC1. The number of carbonyl (C=O) groups excluding carboxylic acids is 1. The van der Waals surface area contributed by atoms with Crippen molar-refractivity contribution in [1.29, 1.82) is 0 Å². The Kier molecular flexibility index (Phi) is 5.24. The fourth-order valence-corrected chi connectivity index (χ4v) is 3.93. The molecule has 2 aromatic rings. The normalized spacial score (nSPS) is 15.9. The minimum Gasteiger partial charge on any atom is -0.481 e. The third-order valence-corrected chi connectivity index (χ3v) is 5.33. The number of carboxylic acid groups (broad SMARTS) is 1. The maximum Gasteiger partial charge on any atom is 0.310 e. The topological polar surface area (TPSA) is 54.4 Å². The Morgan fingerprint density at radius 3 is 2.36 bits per heavy atom. The molecule has 0 radical (unpaired) electrons. The van der Waals surface area contributed by atoms with Gasteiger partial charge < -0.3 is 5.11 Å². The van der Waals surface area contributed by atoms with Crippen molar-refractivity contribution in [2.75, 3.05) is 0 Å². The van der Waals surface area contributed by atoms with Gasteiger partial charge >= 0.3 is 5.97 Å². The van der Waals surface area contributed by atoms with Gasteiger partial charge in [0.15, 0.2) is 0 Å². The molecular weight excluding hydrogens is 336 g/mol. The van der Waals surface area contributed by atoms with Gasteiger partial charge in [-0.15, -0.1) is 0 Å². The van der Waals surface area contributed by atoms with Crippen LogP contribution in [0.25, 0.3) is 11.1 Å². The van der Waals surface area contributed by atoms with Crippen LogP contribution < -0.4 is 0 Å². The zero-order valence-corrected chi connectivity index (χ0v) is 14.8. The zero-order chi connectivity index (χ0) is 17.9. The van der Waals surface area contributed by atoms with Gasteiger partial charge in [0.05, 0.1) is 5.41 Å². The standard InChI is InChI=1S/C21H21ClO3/c22-17-9-8-16(19(13-17)15-6-2-1-3-7-15)12-18(23)14-21(20(24)25)10-4-5-11-21/h1-3,6-9,13H,4-5,10-12,14H2,(H,24,25). The number of halogens is 1. The lowest BCUT2D eigenvalue weighted by Gasteiger charge is -2.23. The van der Waals surface area contributed by atoms with Gasteiger partial charge in [0.1, 0.15) is 5.78 Å². The van der Waals surface area contributed by atoms with Crippen LogP contribution in [0.15, 0.2) is 48.5 Å². The molecule has 0 amide bonds. The summed E-state index contributed by atoms with van der Waals surface area (Å²) >= 11 is 6.14. The second kappa shape index (κ2) is 7.40. The van der Waals surface area contributed by atoms with Crippen molar-refractivity contribution in [3.05, 3.63) is 59.1 Å². The molecule has 1 N–H and O–H groups in total. The molecular formula is C21H21ClO3. The summed E-state index contributed by atoms with van der Waals surface area (Å²) in [6, 6.07) is 15.3. The van der Waals surface area contributed by atoms with Crippen LogP contribution in [-0.4, -0.2) is 16.9 Å². The Bertz CT molecular complexity index is 777. The molecule has 0 bridgehead atoms. The van der Waals surface area contributed by atoms with Crippen LogP contribution in [0.3, 0.4) is 0 Å². The number of aliphatic carboxylic acids is 1. The highest BCUT2D eigenvalue weighted by molar-refractivity contribution is 6.30. The van der Waals surface area contributed by atoms with E-state index in [0.717, 1.165) is 29.5 Å². The summed E-state index contributed by atoms with van der Waals surface area (Å²) in [5.41, 5.74) is 1.95. The molecule has 0 heterocycles. The second-order valence-electron chi connectivity index (χ2n) is 6.85. The first-order chi connectivity index (χ1) is 12.0. The molecule has 0 aromatic heterocycles. The summed E-state index contributed by atoms with van der Waals surface area (Å²) in [6.45, 7) is 0. The quantitative estimate of drug-likeness (QED) is 0.778. The average Bonchev–Trinajstić information content (AvgIpc) is 3.07. The van der Waals surface area contributed by atoms with Crippen LogP contribution in [-0.2, 0) is 16.0 Å². The van der Waals surface area contributed by atoms with E-state index in [1.54, 1.807) is 6.07 Å². The van der Waals surface area contributed by atoms with E-state index in [1.165, 1.54) is 0 Å². The Morgan fingerprint density at radius 2 is 1.72 bits per heavy atom. The lowest BCUT2D eigenvalue weighted by molar-refractivity contribution is -0.151. The summed E-state index contributed by atoms with van der Waals surface area (Å²) < 4.78 is 0. The minimum atomic E-state index is -0.865. The fraction of sp³-hybridized carbons (Fsp3) is 0.333.